The number of aromatic nitrogens is 1. The third-order valence-corrected chi connectivity index (χ3v) is 7.90. The number of carbonyl (C=O) groups is 2. The third kappa shape index (κ3) is 5.81. The van der Waals surface area contributed by atoms with Gasteiger partial charge in [-0.15, -0.1) is 0 Å². The molecule has 5 aromatic rings. The Bertz CT molecular complexity index is 1760. The molecule has 0 atom stereocenters. The van der Waals surface area contributed by atoms with Crippen LogP contribution in [0.5, 0.6) is 0 Å². The Balaban J connectivity index is 1.09. The van der Waals surface area contributed by atoms with Crippen molar-refractivity contribution in [3.63, 3.8) is 0 Å². The average molecular weight is 580 g/mol. The fourth-order valence-electron chi connectivity index (χ4n) is 5.22. The van der Waals surface area contributed by atoms with Crippen LogP contribution >= 0.6 is 11.6 Å². The lowest BCUT2D eigenvalue weighted by molar-refractivity contribution is 0.0997. The van der Waals surface area contributed by atoms with E-state index in [-0.39, 0.29) is 12.0 Å². The van der Waals surface area contributed by atoms with E-state index in [0.717, 1.165) is 59.6 Å². The fraction of sp³-hybridized carbons (Fsp3) is 0.152. The summed E-state index contributed by atoms with van der Waals surface area (Å²) in [6.45, 7) is 1.63. The molecule has 8 nitrogen and oxygen atoms in total. The van der Waals surface area contributed by atoms with Gasteiger partial charge in [0, 0.05) is 58.5 Å². The Morgan fingerprint density at radius 2 is 1.48 bits per heavy atom. The Hall–Kier alpha value is -4.79. The SMILES string of the molecule is NC(=O)c1ccc2c(ccn2-c2ccc(Nc3ccc(NC(=O)c4ccc(N5CCC(O)CC5)cc4)cc3)c(Cl)c2)c1. The number of fused-ring (bicyclic) bond motifs is 1. The van der Waals surface area contributed by atoms with Gasteiger partial charge in [0.1, 0.15) is 0 Å². The number of hydrogen-bond donors (Lipinski definition) is 4. The highest BCUT2D eigenvalue weighted by molar-refractivity contribution is 6.33. The standard InChI is InChI=1S/C33H30ClN5O3/c34-29-20-27(39-18-13-22-19-23(32(35)41)3-12-31(22)39)10-11-30(29)36-24-4-6-25(7-5-24)37-33(42)21-1-8-26(9-2-21)38-16-14-28(40)15-17-38/h1-13,18-20,28,36,40H,14-17H2,(H2,35,41)(H,37,42). The summed E-state index contributed by atoms with van der Waals surface area (Å²) in [5.41, 5.74) is 11.6. The molecule has 1 aromatic heterocycles. The largest absolute Gasteiger partial charge is 0.393 e. The molecule has 1 fully saturated rings. The zero-order valence-corrected chi connectivity index (χ0v) is 23.5. The van der Waals surface area contributed by atoms with Crippen LogP contribution in [0.2, 0.25) is 5.02 Å². The summed E-state index contributed by atoms with van der Waals surface area (Å²) >= 11 is 6.64. The van der Waals surface area contributed by atoms with Gasteiger partial charge in [0.05, 0.1) is 22.3 Å². The summed E-state index contributed by atoms with van der Waals surface area (Å²) in [6, 6.07) is 28.0. The number of nitrogens with zero attached hydrogens (tertiary/aromatic N) is 2. The van der Waals surface area contributed by atoms with Crippen molar-refractivity contribution in [2.24, 2.45) is 5.73 Å². The molecule has 0 unspecified atom stereocenters. The maximum Gasteiger partial charge on any atom is 0.255 e. The number of primary amides is 1. The minimum atomic E-state index is -0.459. The van der Waals surface area contributed by atoms with Gasteiger partial charge in [0.25, 0.3) is 5.91 Å². The fourth-order valence-corrected chi connectivity index (χ4v) is 5.44. The summed E-state index contributed by atoms with van der Waals surface area (Å²) in [5.74, 6) is -0.641. The molecule has 0 radical (unpaired) electrons. The molecule has 1 saturated heterocycles. The zero-order chi connectivity index (χ0) is 29.2. The van der Waals surface area contributed by atoms with Gasteiger partial charge in [-0.2, -0.15) is 0 Å². The van der Waals surface area contributed by atoms with Gasteiger partial charge in [0.15, 0.2) is 0 Å². The Morgan fingerprint density at radius 3 is 2.17 bits per heavy atom. The van der Waals surface area contributed by atoms with E-state index in [9.17, 15) is 14.7 Å². The van der Waals surface area contributed by atoms with Crippen LogP contribution in [0.3, 0.4) is 0 Å². The van der Waals surface area contributed by atoms with Crippen molar-refractivity contribution < 1.29 is 14.7 Å². The number of rotatable bonds is 7. The number of nitrogens with one attached hydrogen (secondary N) is 2. The Labute approximate surface area is 248 Å². The molecule has 4 aromatic carbocycles. The number of amides is 2. The minimum absolute atomic E-state index is 0.182. The second-order valence-corrected chi connectivity index (χ2v) is 10.8. The van der Waals surface area contributed by atoms with Crippen molar-refractivity contribution in [3.05, 3.63) is 113 Å². The van der Waals surface area contributed by atoms with Crippen LogP contribution in [0.1, 0.15) is 33.6 Å². The van der Waals surface area contributed by atoms with E-state index in [2.05, 4.69) is 15.5 Å². The molecule has 42 heavy (non-hydrogen) atoms. The van der Waals surface area contributed by atoms with Crippen LogP contribution in [0.25, 0.3) is 16.6 Å². The molecular formula is C33H30ClN5O3. The molecule has 2 amide bonds. The molecule has 1 aliphatic rings. The molecule has 9 heteroatoms. The average Bonchev–Trinajstić information content (AvgIpc) is 3.43. The lowest BCUT2D eigenvalue weighted by Crippen LogP contribution is -2.35. The smallest absolute Gasteiger partial charge is 0.255 e. The molecular weight excluding hydrogens is 550 g/mol. The second kappa shape index (κ2) is 11.6. The molecule has 0 spiro atoms. The van der Waals surface area contributed by atoms with Crippen molar-refractivity contribution in [1.82, 2.24) is 4.57 Å². The third-order valence-electron chi connectivity index (χ3n) is 7.59. The van der Waals surface area contributed by atoms with E-state index in [1.165, 1.54) is 0 Å². The van der Waals surface area contributed by atoms with Gasteiger partial charge in [-0.25, -0.2) is 0 Å². The summed E-state index contributed by atoms with van der Waals surface area (Å²) in [5, 5.41) is 17.5. The quantitative estimate of drug-likeness (QED) is 0.180. The van der Waals surface area contributed by atoms with Crippen LogP contribution in [-0.4, -0.2) is 40.7 Å². The molecule has 0 saturated carbocycles. The van der Waals surface area contributed by atoms with Gasteiger partial charge >= 0.3 is 0 Å². The predicted octanol–water partition coefficient (Wildman–Crippen LogP) is 6.34. The van der Waals surface area contributed by atoms with Crippen molar-refractivity contribution in [2.45, 2.75) is 18.9 Å². The molecule has 0 aliphatic carbocycles. The number of halogens is 1. The minimum Gasteiger partial charge on any atom is -0.393 e. The monoisotopic (exact) mass is 579 g/mol. The number of piperidine rings is 1. The van der Waals surface area contributed by atoms with Gasteiger partial charge in [-0.05, 0) is 104 Å². The summed E-state index contributed by atoms with van der Waals surface area (Å²) in [7, 11) is 0. The first-order chi connectivity index (χ1) is 20.3. The van der Waals surface area contributed by atoms with E-state index in [0.29, 0.717) is 21.8 Å². The number of carbonyl (C=O) groups excluding carboxylic acids is 2. The highest BCUT2D eigenvalue weighted by Gasteiger charge is 2.17. The Kier molecular flexibility index (Phi) is 7.56. The normalized spacial score (nSPS) is 13.7. The highest BCUT2D eigenvalue weighted by atomic mass is 35.5. The van der Waals surface area contributed by atoms with Crippen molar-refractivity contribution in [2.75, 3.05) is 28.6 Å². The molecule has 6 rings (SSSR count). The lowest BCUT2D eigenvalue weighted by Gasteiger charge is -2.31. The molecule has 2 heterocycles. The first-order valence-corrected chi connectivity index (χ1v) is 14.1. The number of anilines is 4. The highest BCUT2D eigenvalue weighted by Crippen LogP contribution is 2.30. The molecule has 1 aliphatic heterocycles. The van der Waals surface area contributed by atoms with E-state index >= 15 is 0 Å². The maximum absolute atomic E-state index is 12.8. The first kappa shape index (κ1) is 27.4. The van der Waals surface area contributed by atoms with E-state index in [4.69, 9.17) is 17.3 Å². The predicted molar refractivity (Wildman–Crippen MR) is 168 cm³/mol. The van der Waals surface area contributed by atoms with Crippen LogP contribution < -0.4 is 21.3 Å². The van der Waals surface area contributed by atoms with E-state index < -0.39 is 5.91 Å². The van der Waals surface area contributed by atoms with Crippen LogP contribution in [-0.2, 0) is 0 Å². The second-order valence-electron chi connectivity index (χ2n) is 10.4. The number of hydrogen-bond acceptors (Lipinski definition) is 5. The van der Waals surface area contributed by atoms with Crippen molar-refractivity contribution in [3.8, 4) is 5.69 Å². The van der Waals surface area contributed by atoms with Crippen LogP contribution in [0.4, 0.5) is 22.7 Å². The topological polar surface area (TPSA) is 113 Å². The van der Waals surface area contributed by atoms with Gasteiger partial charge < -0.3 is 30.9 Å². The van der Waals surface area contributed by atoms with Crippen LogP contribution in [0, 0.1) is 0 Å². The number of aliphatic hydroxyl groups is 1. The maximum atomic E-state index is 12.8. The summed E-state index contributed by atoms with van der Waals surface area (Å²) in [4.78, 5) is 26.5. The van der Waals surface area contributed by atoms with Crippen molar-refractivity contribution in [1.29, 1.82) is 0 Å². The molecule has 212 valence electrons. The van der Waals surface area contributed by atoms with Gasteiger partial charge in [0.2, 0.25) is 5.91 Å². The molecule has 0 bridgehead atoms. The van der Waals surface area contributed by atoms with Crippen molar-refractivity contribution >= 4 is 57.1 Å². The summed E-state index contributed by atoms with van der Waals surface area (Å²) < 4.78 is 2.00. The van der Waals surface area contributed by atoms with E-state index in [1.54, 1.807) is 12.1 Å². The molecule has 5 N–H and O–H groups in total. The number of benzene rings is 4. The first-order valence-electron chi connectivity index (χ1n) is 13.8. The van der Waals surface area contributed by atoms with Gasteiger partial charge in [-0.3, -0.25) is 9.59 Å². The number of aliphatic hydroxyl groups excluding tert-OH is 1. The number of nitrogens with two attached hydrogens (primary N) is 1. The van der Waals surface area contributed by atoms with Gasteiger partial charge in [-0.1, -0.05) is 11.6 Å². The van der Waals surface area contributed by atoms with E-state index in [1.807, 2.05) is 89.6 Å². The Morgan fingerprint density at radius 1 is 0.810 bits per heavy atom. The zero-order valence-electron chi connectivity index (χ0n) is 22.8. The van der Waals surface area contributed by atoms with Crippen LogP contribution in [0.15, 0.2) is 97.2 Å². The summed E-state index contributed by atoms with van der Waals surface area (Å²) in [6.07, 6.45) is 3.23. The lowest BCUT2D eigenvalue weighted by atomic mass is 10.1.